The third-order valence-electron chi connectivity index (χ3n) is 4.21. The van der Waals surface area contributed by atoms with Crippen LogP contribution >= 0.6 is 0 Å². The second-order valence-electron chi connectivity index (χ2n) is 5.79. The van der Waals surface area contributed by atoms with Crippen LogP contribution in [-0.2, 0) is 16.1 Å². The Labute approximate surface area is 137 Å². The summed E-state index contributed by atoms with van der Waals surface area (Å²) >= 11 is 0. The van der Waals surface area contributed by atoms with Gasteiger partial charge in [0.15, 0.2) is 0 Å². The standard InChI is InChI=1S/C20H22O3/c1-22-14-19(21)20-18(12-11-15-7-3-2-4-8-15)17-10-6-5-9-16(17)13-23-20/h2-12,18-21H,13-14H2,1H3/b12-11+/t18-,19-,20+/m1/s1. The van der Waals surface area contributed by atoms with Crippen LogP contribution in [0.15, 0.2) is 60.7 Å². The first-order valence-corrected chi connectivity index (χ1v) is 7.89. The average Bonchev–Trinajstić information content (AvgIpc) is 2.60. The molecule has 3 heteroatoms. The van der Waals surface area contributed by atoms with E-state index in [9.17, 15) is 5.11 Å². The molecule has 0 spiro atoms. The summed E-state index contributed by atoms with van der Waals surface area (Å²) in [6, 6.07) is 18.4. The number of aliphatic hydroxyl groups is 1. The van der Waals surface area contributed by atoms with Gasteiger partial charge in [-0.1, -0.05) is 66.7 Å². The summed E-state index contributed by atoms with van der Waals surface area (Å²) in [4.78, 5) is 0. The van der Waals surface area contributed by atoms with Gasteiger partial charge < -0.3 is 14.6 Å². The highest BCUT2D eigenvalue weighted by Crippen LogP contribution is 2.34. The van der Waals surface area contributed by atoms with Crippen LogP contribution in [0, 0.1) is 0 Å². The molecule has 1 aliphatic heterocycles. The lowest BCUT2D eigenvalue weighted by Gasteiger charge is -2.34. The third kappa shape index (κ3) is 3.70. The van der Waals surface area contributed by atoms with Crippen molar-refractivity contribution in [3.63, 3.8) is 0 Å². The van der Waals surface area contributed by atoms with E-state index in [4.69, 9.17) is 9.47 Å². The summed E-state index contributed by atoms with van der Waals surface area (Å²) in [5.74, 6) is 0.00491. The predicted molar refractivity (Wildman–Crippen MR) is 91.1 cm³/mol. The summed E-state index contributed by atoms with van der Waals surface area (Å²) in [6.45, 7) is 0.791. The van der Waals surface area contributed by atoms with Crippen LogP contribution in [0.5, 0.6) is 0 Å². The average molecular weight is 310 g/mol. The van der Waals surface area contributed by atoms with Gasteiger partial charge in [-0.15, -0.1) is 0 Å². The van der Waals surface area contributed by atoms with Crippen molar-refractivity contribution in [3.05, 3.63) is 77.4 Å². The minimum atomic E-state index is -0.654. The maximum absolute atomic E-state index is 10.4. The van der Waals surface area contributed by atoms with E-state index in [-0.39, 0.29) is 18.6 Å². The van der Waals surface area contributed by atoms with E-state index in [2.05, 4.69) is 36.4 Å². The molecule has 2 aromatic rings. The molecule has 0 unspecified atom stereocenters. The Morgan fingerprint density at radius 1 is 1.17 bits per heavy atom. The number of rotatable bonds is 5. The van der Waals surface area contributed by atoms with Crippen LogP contribution in [0.1, 0.15) is 22.6 Å². The van der Waals surface area contributed by atoms with Crippen LogP contribution < -0.4 is 0 Å². The van der Waals surface area contributed by atoms with Gasteiger partial charge in [-0.2, -0.15) is 0 Å². The first-order valence-electron chi connectivity index (χ1n) is 7.89. The van der Waals surface area contributed by atoms with Gasteiger partial charge in [0, 0.05) is 13.0 Å². The molecule has 0 saturated carbocycles. The van der Waals surface area contributed by atoms with Crippen LogP contribution in [0.2, 0.25) is 0 Å². The molecule has 1 heterocycles. The van der Waals surface area contributed by atoms with E-state index in [1.54, 1.807) is 7.11 Å². The Morgan fingerprint density at radius 3 is 2.70 bits per heavy atom. The molecule has 0 saturated heterocycles. The minimum absolute atomic E-state index is 0.00491. The lowest BCUT2D eigenvalue weighted by atomic mass is 9.84. The summed E-state index contributed by atoms with van der Waals surface area (Å²) in [5, 5.41) is 10.4. The maximum atomic E-state index is 10.4. The molecule has 0 radical (unpaired) electrons. The van der Waals surface area contributed by atoms with Gasteiger partial charge in [-0.3, -0.25) is 0 Å². The van der Waals surface area contributed by atoms with E-state index in [1.807, 2.05) is 30.3 Å². The van der Waals surface area contributed by atoms with Gasteiger partial charge in [-0.05, 0) is 16.7 Å². The molecule has 0 fully saturated rings. The summed E-state index contributed by atoms with van der Waals surface area (Å²) in [6.07, 6.45) is 3.25. The molecule has 3 rings (SSSR count). The monoisotopic (exact) mass is 310 g/mol. The second-order valence-corrected chi connectivity index (χ2v) is 5.79. The van der Waals surface area contributed by atoms with Gasteiger partial charge in [0.05, 0.1) is 19.3 Å². The largest absolute Gasteiger partial charge is 0.388 e. The van der Waals surface area contributed by atoms with Crippen LogP contribution in [0.25, 0.3) is 6.08 Å². The molecule has 1 aliphatic rings. The highest BCUT2D eigenvalue weighted by atomic mass is 16.5. The quantitative estimate of drug-likeness (QED) is 0.920. The Bertz CT molecular complexity index is 651. The van der Waals surface area contributed by atoms with Crippen molar-refractivity contribution in [3.8, 4) is 0 Å². The van der Waals surface area contributed by atoms with Crippen molar-refractivity contribution in [2.75, 3.05) is 13.7 Å². The van der Waals surface area contributed by atoms with Gasteiger partial charge in [-0.25, -0.2) is 0 Å². The van der Waals surface area contributed by atoms with Crippen molar-refractivity contribution in [1.29, 1.82) is 0 Å². The Balaban J connectivity index is 1.91. The molecule has 0 amide bonds. The number of methoxy groups -OCH3 is 1. The first kappa shape index (κ1) is 15.9. The smallest absolute Gasteiger partial charge is 0.104 e. The van der Waals surface area contributed by atoms with Crippen LogP contribution in [0.3, 0.4) is 0 Å². The highest BCUT2D eigenvalue weighted by molar-refractivity contribution is 5.52. The molecular formula is C20H22O3. The van der Waals surface area contributed by atoms with Crippen LogP contribution in [-0.4, -0.2) is 31.0 Å². The molecule has 1 N–H and O–H groups in total. The third-order valence-corrected chi connectivity index (χ3v) is 4.21. The van der Waals surface area contributed by atoms with Gasteiger partial charge in [0.25, 0.3) is 0 Å². The number of fused-ring (bicyclic) bond motifs is 1. The number of benzene rings is 2. The van der Waals surface area contributed by atoms with Crippen molar-refractivity contribution in [2.45, 2.75) is 24.7 Å². The Kier molecular flexibility index (Phi) is 5.23. The molecule has 0 bridgehead atoms. The van der Waals surface area contributed by atoms with Crippen molar-refractivity contribution < 1.29 is 14.6 Å². The molecule has 3 nitrogen and oxygen atoms in total. The summed E-state index contributed by atoms with van der Waals surface area (Å²) in [7, 11) is 1.59. The zero-order chi connectivity index (χ0) is 16.1. The molecule has 0 aliphatic carbocycles. The van der Waals surface area contributed by atoms with Crippen molar-refractivity contribution in [1.82, 2.24) is 0 Å². The number of ether oxygens (including phenoxy) is 2. The number of hydrogen-bond donors (Lipinski definition) is 1. The fourth-order valence-corrected chi connectivity index (χ4v) is 3.07. The molecule has 120 valence electrons. The fraction of sp³-hybridized carbons (Fsp3) is 0.300. The lowest BCUT2D eigenvalue weighted by molar-refractivity contribution is -0.0844. The van der Waals surface area contributed by atoms with Crippen molar-refractivity contribution in [2.24, 2.45) is 0 Å². The zero-order valence-electron chi connectivity index (χ0n) is 13.3. The van der Waals surface area contributed by atoms with E-state index in [0.29, 0.717) is 6.61 Å². The topological polar surface area (TPSA) is 38.7 Å². The fourth-order valence-electron chi connectivity index (χ4n) is 3.07. The SMILES string of the molecule is COC[C@@H](O)[C@H]1OCc2ccccc2[C@H]1/C=C/c1ccccc1. The molecule has 23 heavy (non-hydrogen) atoms. The number of hydrogen-bond acceptors (Lipinski definition) is 3. The molecular weight excluding hydrogens is 288 g/mol. The predicted octanol–water partition coefficient (Wildman–Crippen LogP) is 3.39. The lowest BCUT2D eigenvalue weighted by Crippen LogP contribution is -2.39. The normalized spacial score (nSPS) is 22.0. The maximum Gasteiger partial charge on any atom is 0.104 e. The van der Waals surface area contributed by atoms with Gasteiger partial charge >= 0.3 is 0 Å². The van der Waals surface area contributed by atoms with Crippen LogP contribution in [0.4, 0.5) is 0 Å². The van der Waals surface area contributed by atoms with E-state index >= 15 is 0 Å². The first-order chi connectivity index (χ1) is 11.3. The second kappa shape index (κ2) is 7.55. The summed E-state index contributed by atoms with van der Waals surface area (Å²) in [5.41, 5.74) is 3.53. The number of aliphatic hydroxyl groups excluding tert-OH is 1. The van der Waals surface area contributed by atoms with E-state index < -0.39 is 6.10 Å². The molecule has 2 aromatic carbocycles. The molecule has 0 aromatic heterocycles. The Hall–Kier alpha value is -1.94. The highest BCUT2D eigenvalue weighted by Gasteiger charge is 2.33. The van der Waals surface area contributed by atoms with Crippen molar-refractivity contribution >= 4 is 6.08 Å². The van der Waals surface area contributed by atoms with E-state index in [0.717, 1.165) is 5.56 Å². The summed E-state index contributed by atoms with van der Waals surface area (Å²) < 4.78 is 11.0. The van der Waals surface area contributed by atoms with Gasteiger partial charge in [0.1, 0.15) is 6.10 Å². The Morgan fingerprint density at radius 2 is 1.91 bits per heavy atom. The van der Waals surface area contributed by atoms with E-state index in [1.165, 1.54) is 11.1 Å². The minimum Gasteiger partial charge on any atom is -0.388 e. The molecule has 3 atom stereocenters. The zero-order valence-corrected chi connectivity index (χ0v) is 13.3. The van der Waals surface area contributed by atoms with Gasteiger partial charge in [0.2, 0.25) is 0 Å².